The van der Waals surface area contributed by atoms with E-state index < -0.39 is 5.97 Å². The number of methoxy groups -OCH3 is 1. The SMILES string of the molecule is CCN(Cc1oc2ccccc2c1C(=O)O)C(C)COC. The summed E-state index contributed by atoms with van der Waals surface area (Å²) in [6, 6.07) is 7.42. The molecular weight excluding hydrogens is 270 g/mol. The molecule has 1 N–H and O–H groups in total. The average Bonchev–Trinajstić information content (AvgIpc) is 2.82. The molecule has 0 fully saturated rings. The van der Waals surface area contributed by atoms with Crippen molar-refractivity contribution in [2.45, 2.75) is 26.4 Å². The van der Waals surface area contributed by atoms with Gasteiger partial charge >= 0.3 is 5.97 Å². The highest BCUT2D eigenvalue weighted by Crippen LogP contribution is 2.27. The van der Waals surface area contributed by atoms with Crippen molar-refractivity contribution in [2.75, 3.05) is 20.3 Å². The van der Waals surface area contributed by atoms with Crippen molar-refractivity contribution in [1.29, 1.82) is 0 Å². The van der Waals surface area contributed by atoms with Crippen molar-refractivity contribution < 1.29 is 19.1 Å². The maximum absolute atomic E-state index is 11.6. The molecule has 0 aliphatic rings. The van der Waals surface area contributed by atoms with E-state index in [0.717, 1.165) is 6.54 Å². The molecular formula is C16H21NO4. The zero-order valence-electron chi connectivity index (χ0n) is 12.6. The second-order valence-electron chi connectivity index (χ2n) is 5.07. The van der Waals surface area contributed by atoms with E-state index in [1.807, 2.05) is 19.1 Å². The van der Waals surface area contributed by atoms with Gasteiger partial charge in [0, 0.05) is 18.5 Å². The summed E-state index contributed by atoms with van der Waals surface area (Å²) < 4.78 is 10.9. The van der Waals surface area contributed by atoms with Crippen molar-refractivity contribution in [3.63, 3.8) is 0 Å². The van der Waals surface area contributed by atoms with E-state index in [-0.39, 0.29) is 11.6 Å². The Hall–Kier alpha value is -1.85. The predicted molar refractivity (Wildman–Crippen MR) is 80.6 cm³/mol. The number of benzene rings is 1. The third kappa shape index (κ3) is 3.25. The molecule has 0 aliphatic carbocycles. The first-order chi connectivity index (χ1) is 10.1. The molecule has 0 saturated carbocycles. The largest absolute Gasteiger partial charge is 0.478 e. The molecule has 0 radical (unpaired) electrons. The van der Waals surface area contributed by atoms with Crippen LogP contribution in [0.5, 0.6) is 0 Å². The molecule has 0 spiro atoms. The van der Waals surface area contributed by atoms with Gasteiger partial charge in [0.15, 0.2) is 0 Å². The molecule has 0 saturated heterocycles. The molecule has 1 aromatic carbocycles. The lowest BCUT2D eigenvalue weighted by atomic mass is 10.1. The summed E-state index contributed by atoms with van der Waals surface area (Å²) >= 11 is 0. The lowest BCUT2D eigenvalue weighted by Gasteiger charge is -2.26. The van der Waals surface area contributed by atoms with E-state index in [1.54, 1.807) is 19.2 Å². The quantitative estimate of drug-likeness (QED) is 0.849. The van der Waals surface area contributed by atoms with Crippen LogP contribution >= 0.6 is 0 Å². The Morgan fingerprint density at radius 3 is 2.76 bits per heavy atom. The van der Waals surface area contributed by atoms with Crippen molar-refractivity contribution >= 4 is 16.9 Å². The maximum atomic E-state index is 11.6. The van der Waals surface area contributed by atoms with Gasteiger partial charge in [0.05, 0.1) is 13.2 Å². The van der Waals surface area contributed by atoms with Gasteiger partial charge in [-0.05, 0) is 19.5 Å². The van der Waals surface area contributed by atoms with Gasteiger partial charge in [0.1, 0.15) is 16.9 Å². The molecule has 0 amide bonds. The number of rotatable bonds is 7. The molecule has 1 atom stereocenters. The monoisotopic (exact) mass is 291 g/mol. The first kappa shape index (κ1) is 15.5. The Morgan fingerprint density at radius 2 is 2.14 bits per heavy atom. The molecule has 1 heterocycles. The lowest BCUT2D eigenvalue weighted by Crippen LogP contribution is -2.35. The Morgan fingerprint density at radius 1 is 1.43 bits per heavy atom. The number of likely N-dealkylation sites (N-methyl/N-ethyl adjacent to an activating group) is 1. The van der Waals surface area contributed by atoms with Crippen LogP contribution in [0.2, 0.25) is 0 Å². The van der Waals surface area contributed by atoms with Crippen LogP contribution in [0, 0.1) is 0 Å². The molecule has 1 aromatic heterocycles. The van der Waals surface area contributed by atoms with E-state index in [9.17, 15) is 9.90 Å². The molecule has 1 unspecified atom stereocenters. The van der Waals surface area contributed by atoms with Gasteiger partial charge in [-0.15, -0.1) is 0 Å². The number of ether oxygens (including phenoxy) is 1. The number of carbonyl (C=O) groups is 1. The van der Waals surface area contributed by atoms with Crippen LogP contribution in [0.3, 0.4) is 0 Å². The molecule has 21 heavy (non-hydrogen) atoms. The summed E-state index contributed by atoms with van der Waals surface area (Å²) in [7, 11) is 1.66. The van der Waals surface area contributed by atoms with Crippen LogP contribution in [0.15, 0.2) is 28.7 Å². The fourth-order valence-corrected chi connectivity index (χ4v) is 2.55. The van der Waals surface area contributed by atoms with Crippen LogP contribution < -0.4 is 0 Å². The van der Waals surface area contributed by atoms with E-state index >= 15 is 0 Å². The predicted octanol–water partition coefficient (Wildman–Crippen LogP) is 2.99. The molecule has 0 aliphatic heterocycles. The van der Waals surface area contributed by atoms with Gasteiger partial charge in [0.2, 0.25) is 0 Å². The summed E-state index contributed by atoms with van der Waals surface area (Å²) in [5, 5.41) is 10.1. The third-order valence-corrected chi connectivity index (χ3v) is 3.67. The van der Waals surface area contributed by atoms with Crippen molar-refractivity contribution in [1.82, 2.24) is 4.90 Å². The molecule has 0 bridgehead atoms. The standard InChI is InChI=1S/C16H21NO4/c1-4-17(11(2)10-20-3)9-14-15(16(18)19)12-7-5-6-8-13(12)21-14/h5-8,11H,4,9-10H2,1-3H3,(H,18,19). The van der Waals surface area contributed by atoms with Crippen LogP contribution in [0.25, 0.3) is 11.0 Å². The average molecular weight is 291 g/mol. The highest BCUT2D eigenvalue weighted by molar-refractivity contribution is 6.03. The number of fused-ring (bicyclic) bond motifs is 1. The normalized spacial score (nSPS) is 13.0. The molecule has 5 nitrogen and oxygen atoms in total. The van der Waals surface area contributed by atoms with Crippen molar-refractivity contribution in [3.05, 3.63) is 35.6 Å². The van der Waals surface area contributed by atoms with Gasteiger partial charge in [-0.3, -0.25) is 4.90 Å². The van der Waals surface area contributed by atoms with Crippen LogP contribution in [0.1, 0.15) is 30.0 Å². The van der Waals surface area contributed by atoms with Crippen molar-refractivity contribution in [2.24, 2.45) is 0 Å². The number of nitrogens with zero attached hydrogens (tertiary/aromatic N) is 1. The van der Waals surface area contributed by atoms with Crippen LogP contribution in [-0.4, -0.2) is 42.3 Å². The summed E-state index contributed by atoms with van der Waals surface area (Å²) in [4.78, 5) is 13.7. The molecule has 2 aromatic rings. The number of carboxylic acids is 1. The summed E-state index contributed by atoms with van der Waals surface area (Å²) in [5.74, 6) is -0.459. The minimum atomic E-state index is -0.953. The van der Waals surface area contributed by atoms with Gasteiger partial charge in [-0.2, -0.15) is 0 Å². The zero-order chi connectivity index (χ0) is 15.4. The van der Waals surface area contributed by atoms with E-state index in [2.05, 4.69) is 11.8 Å². The molecule has 5 heteroatoms. The summed E-state index contributed by atoms with van der Waals surface area (Å²) in [5.41, 5.74) is 0.869. The Balaban J connectivity index is 2.36. The fourth-order valence-electron chi connectivity index (χ4n) is 2.55. The van der Waals surface area contributed by atoms with Crippen LogP contribution in [-0.2, 0) is 11.3 Å². The Labute approximate surface area is 124 Å². The minimum absolute atomic E-state index is 0.190. The molecule has 114 valence electrons. The minimum Gasteiger partial charge on any atom is -0.478 e. The van der Waals surface area contributed by atoms with Gasteiger partial charge in [0.25, 0.3) is 0 Å². The zero-order valence-corrected chi connectivity index (χ0v) is 12.6. The second-order valence-corrected chi connectivity index (χ2v) is 5.07. The van der Waals surface area contributed by atoms with Gasteiger partial charge < -0.3 is 14.3 Å². The molecule has 2 rings (SSSR count). The van der Waals surface area contributed by atoms with E-state index in [4.69, 9.17) is 9.15 Å². The second kappa shape index (κ2) is 6.74. The first-order valence-electron chi connectivity index (χ1n) is 7.05. The lowest BCUT2D eigenvalue weighted by molar-refractivity contribution is 0.0688. The third-order valence-electron chi connectivity index (χ3n) is 3.67. The number of aromatic carboxylic acids is 1. The van der Waals surface area contributed by atoms with Gasteiger partial charge in [-0.25, -0.2) is 4.79 Å². The number of para-hydroxylation sites is 1. The van der Waals surface area contributed by atoms with E-state index in [1.165, 1.54) is 0 Å². The summed E-state index contributed by atoms with van der Waals surface area (Å²) in [6.07, 6.45) is 0. The van der Waals surface area contributed by atoms with E-state index in [0.29, 0.717) is 29.9 Å². The number of furan rings is 1. The van der Waals surface area contributed by atoms with Crippen LogP contribution in [0.4, 0.5) is 0 Å². The number of hydrogen-bond donors (Lipinski definition) is 1. The smallest absolute Gasteiger partial charge is 0.339 e. The Kier molecular flexibility index (Phi) is 4.98. The maximum Gasteiger partial charge on any atom is 0.339 e. The first-order valence-corrected chi connectivity index (χ1v) is 7.05. The Bertz CT molecular complexity index is 620. The fraction of sp³-hybridized carbons (Fsp3) is 0.438. The van der Waals surface area contributed by atoms with Crippen molar-refractivity contribution in [3.8, 4) is 0 Å². The number of carboxylic acid groups (broad SMARTS) is 1. The topological polar surface area (TPSA) is 62.9 Å². The number of hydrogen-bond acceptors (Lipinski definition) is 4. The highest BCUT2D eigenvalue weighted by Gasteiger charge is 2.23. The van der Waals surface area contributed by atoms with Gasteiger partial charge in [-0.1, -0.05) is 25.1 Å². The highest BCUT2D eigenvalue weighted by atomic mass is 16.5. The summed E-state index contributed by atoms with van der Waals surface area (Å²) in [6.45, 7) is 5.93.